The van der Waals surface area contributed by atoms with E-state index in [2.05, 4.69) is 10.2 Å². The number of phenols is 1. The number of aryl methyl sites for hydroxylation is 3. The smallest absolute Gasteiger partial charge is 0.273 e. The van der Waals surface area contributed by atoms with Gasteiger partial charge in [0.25, 0.3) is 5.91 Å². The lowest BCUT2D eigenvalue weighted by Gasteiger charge is -2.27. The molecule has 5 rings (SSSR count). The third kappa shape index (κ3) is 3.48. The first-order chi connectivity index (χ1) is 15.8. The van der Waals surface area contributed by atoms with E-state index in [4.69, 9.17) is 0 Å². The van der Waals surface area contributed by atoms with E-state index >= 15 is 4.39 Å². The molecule has 1 aromatic heterocycles. The Hall–Kier alpha value is -3.93. The fourth-order valence-electron chi connectivity index (χ4n) is 4.62. The second-order valence-electron chi connectivity index (χ2n) is 8.68. The van der Waals surface area contributed by atoms with Gasteiger partial charge in [0, 0.05) is 23.2 Å². The number of hydrogen-bond acceptors (Lipinski definition) is 3. The number of benzene rings is 3. The van der Waals surface area contributed by atoms with Gasteiger partial charge >= 0.3 is 0 Å². The topological polar surface area (TPSA) is 69.2 Å². The van der Waals surface area contributed by atoms with Crippen LogP contribution in [-0.4, -0.2) is 26.1 Å². The average Bonchev–Trinajstić information content (AvgIpc) is 3.32. The molecule has 166 valence electrons. The highest BCUT2D eigenvalue weighted by Crippen LogP contribution is 2.46. The largest absolute Gasteiger partial charge is 0.507 e. The van der Waals surface area contributed by atoms with E-state index in [9.17, 15) is 9.90 Å². The predicted molar refractivity (Wildman–Crippen MR) is 124 cm³/mol. The minimum Gasteiger partial charge on any atom is -0.507 e. The molecular formula is C27H24FN3O2. The molecule has 0 saturated carbocycles. The van der Waals surface area contributed by atoms with Crippen molar-refractivity contribution in [3.63, 3.8) is 0 Å². The molecule has 0 spiro atoms. The van der Waals surface area contributed by atoms with E-state index in [0.29, 0.717) is 40.2 Å². The van der Waals surface area contributed by atoms with Gasteiger partial charge in [0.1, 0.15) is 23.0 Å². The summed E-state index contributed by atoms with van der Waals surface area (Å²) in [5.41, 5.74) is 6.02. The number of H-pyrrole nitrogens is 1. The van der Waals surface area contributed by atoms with Gasteiger partial charge in [-0.2, -0.15) is 5.10 Å². The first kappa shape index (κ1) is 20.9. The Morgan fingerprint density at radius 3 is 2.48 bits per heavy atom. The molecule has 0 fully saturated rings. The number of halogens is 1. The van der Waals surface area contributed by atoms with Gasteiger partial charge in [0.05, 0.1) is 6.04 Å². The maximum Gasteiger partial charge on any atom is 0.273 e. The Morgan fingerprint density at radius 1 is 1.03 bits per heavy atom. The molecule has 2 N–H and O–H groups in total. The number of phenolic OH excluding ortho intramolecular Hbond substituents is 1. The molecule has 1 amide bonds. The van der Waals surface area contributed by atoms with Crippen LogP contribution in [0.15, 0.2) is 60.7 Å². The number of amides is 1. The minimum atomic E-state index is -0.677. The Morgan fingerprint density at radius 2 is 1.76 bits per heavy atom. The molecular weight excluding hydrogens is 417 g/mol. The zero-order valence-corrected chi connectivity index (χ0v) is 18.7. The van der Waals surface area contributed by atoms with Gasteiger partial charge in [-0.15, -0.1) is 0 Å². The molecule has 1 atom stereocenters. The van der Waals surface area contributed by atoms with Crippen molar-refractivity contribution in [3.05, 3.63) is 106 Å². The van der Waals surface area contributed by atoms with Crippen molar-refractivity contribution in [3.8, 4) is 17.0 Å². The first-order valence-corrected chi connectivity index (χ1v) is 10.8. The lowest BCUT2D eigenvalue weighted by Crippen LogP contribution is -2.29. The van der Waals surface area contributed by atoms with Crippen molar-refractivity contribution in [2.45, 2.75) is 33.4 Å². The molecule has 1 unspecified atom stereocenters. The van der Waals surface area contributed by atoms with Crippen molar-refractivity contribution >= 4 is 5.91 Å². The summed E-state index contributed by atoms with van der Waals surface area (Å²) in [6, 6.07) is 17.5. The molecule has 0 saturated heterocycles. The van der Waals surface area contributed by atoms with Crippen molar-refractivity contribution in [2.24, 2.45) is 0 Å². The van der Waals surface area contributed by atoms with Crippen LogP contribution in [0.3, 0.4) is 0 Å². The van der Waals surface area contributed by atoms with Crippen molar-refractivity contribution in [1.82, 2.24) is 15.1 Å². The van der Waals surface area contributed by atoms with Gasteiger partial charge < -0.3 is 10.0 Å². The lowest BCUT2D eigenvalue weighted by atomic mass is 9.93. The van der Waals surface area contributed by atoms with E-state index < -0.39 is 11.9 Å². The molecule has 1 aliphatic rings. The second kappa shape index (κ2) is 7.89. The summed E-state index contributed by atoms with van der Waals surface area (Å²) in [5.74, 6) is -0.540. The van der Waals surface area contributed by atoms with Crippen LogP contribution < -0.4 is 0 Å². The quantitative estimate of drug-likeness (QED) is 0.434. The lowest BCUT2D eigenvalue weighted by molar-refractivity contribution is 0.0728. The number of aromatic hydroxyl groups is 1. The Bertz CT molecular complexity index is 1370. The maximum absolute atomic E-state index is 15.1. The van der Waals surface area contributed by atoms with Gasteiger partial charge in [0.2, 0.25) is 0 Å². The number of fused-ring (bicyclic) bond motifs is 1. The number of carbonyl (C=O) groups excluding carboxylic acids is 1. The fourth-order valence-corrected chi connectivity index (χ4v) is 4.62. The summed E-state index contributed by atoms with van der Waals surface area (Å²) in [6.07, 6.45) is 0. The molecule has 5 nitrogen and oxygen atoms in total. The molecule has 1 aliphatic heterocycles. The van der Waals surface area contributed by atoms with Crippen LogP contribution in [0.4, 0.5) is 4.39 Å². The summed E-state index contributed by atoms with van der Waals surface area (Å²) in [4.78, 5) is 15.2. The van der Waals surface area contributed by atoms with Gasteiger partial charge in [-0.1, -0.05) is 54.1 Å². The zero-order chi connectivity index (χ0) is 23.3. The summed E-state index contributed by atoms with van der Waals surface area (Å²) < 4.78 is 15.1. The number of nitrogens with one attached hydrogen (secondary N) is 1. The molecule has 0 radical (unpaired) electrons. The summed E-state index contributed by atoms with van der Waals surface area (Å²) >= 11 is 0. The van der Waals surface area contributed by atoms with Gasteiger partial charge in [0.15, 0.2) is 0 Å². The van der Waals surface area contributed by atoms with E-state index in [1.54, 1.807) is 23.1 Å². The van der Waals surface area contributed by atoms with Crippen LogP contribution in [-0.2, 0) is 6.54 Å². The monoisotopic (exact) mass is 441 g/mol. The van der Waals surface area contributed by atoms with Crippen LogP contribution in [0, 0.1) is 26.6 Å². The Balaban J connectivity index is 1.70. The third-order valence-corrected chi connectivity index (χ3v) is 6.24. The van der Waals surface area contributed by atoms with Gasteiger partial charge in [-0.3, -0.25) is 9.89 Å². The van der Waals surface area contributed by atoms with E-state index in [1.807, 2.05) is 57.2 Å². The van der Waals surface area contributed by atoms with E-state index in [1.165, 1.54) is 6.07 Å². The van der Waals surface area contributed by atoms with Gasteiger partial charge in [-0.25, -0.2) is 4.39 Å². The summed E-state index contributed by atoms with van der Waals surface area (Å²) in [7, 11) is 0. The predicted octanol–water partition coefficient (Wildman–Crippen LogP) is 5.59. The first-order valence-electron chi connectivity index (χ1n) is 10.8. The Kier molecular flexibility index (Phi) is 5.01. The highest BCUT2D eigenvalue weighted by Gasteiger charge is 2.43. The molecule has 33 heavy (non-hydrogen) atoms. The number of rotatable bonds is 4. The number of aromatic amines is 1. The third-order valence-electron chi connectivity index (χ3n) is 6.24. The van der Waals surface area contributed by atoms with E-state index in [-0.39, 0.29) is 11.7 Å². The molecule has 0 aliphatic carbocycles. The van der Waals surface area contributed by atoms with E-state index in [0.717, 1.165) is 16.7 Å². The number of aromatic nitrogens is 2. The normalized spacial score (nSPS) is 15.2. The molecule has 3 aromatic carbocycles. The molecule has 2 heterocycles. The fraction of sp³-hybridized carbons (Fsp3) is 0.185. The van der Waals surface area contributed by atoms with Crippen LogP contribution in [0.2, 0.25) is 0 Å². The standard InChI is InChI=1S/C27H24FN3O2/c1-15-8-10-18(11-9-15)14-31-25(19-6-4-5-7-21(19)28)22-23(29-30-24(22)27(31)33)20-13-16(2)12-17(3)26(20)32/h4-13,25,32H,14H2,1-3H3,(H,29,30). The second-order valence-corrected chi connectivity index (χ2v) is 8.68. The van der Waals surface area contributed by atoms with Crippen molar-refractivity contribution in [2.75, 3.05) is 0 Å². The minimum absolute atomic E-state index is 0.103. The van der Waals surface area contributed by atoms with Crippen LogP contribution in [0.25, 0.3) is 11.3 Å². The Labute approximate surface area is 191 Å². The van der Waals surface area contributed by atoms with Crippen LogP contribution in [0.5, 0.6) is 5.75 Å². The SMILES string of the molecule is Cc1ccc(CN2C(=O)c3[nH]nc(-c4cc(C)cc(C)c4O)c3C2c2ccccc2F)cc1. The molecule has 0 bridgehead atoms. The molecule has 4 aromatic rings. The highest BCUT2D eigenvalue weighted by atomic mass is 19.1. The highest BCUT2D eigenvalue weighted by molar-refractivity contribution is 6.00. The number of nitrogens with zero attached hydrogens (tertiary/aromatic N) is 2. The van der Waals surface area contributed by atoms with Gasteiger partial charge in [-0.05, 0) is 49.6 Å². The average molecular weight is 442 g/mol. The number of hydrogen-bond donors (Lipinski definition) is 2. The van der Waals surface area contributed by atoms with Crippen molar-refractivity contribution < 1.29 is 14.3 Å². The summed E-state index contributed by atoms with van der Waals surface area (Å²) in [6.45, 7) is 6.08. The van der Waals surface area contributed by atoms with Crippen LogP contribution in [0.1, 0.15) is 49.9 Å². The van der Waals surface area contributed by atoms with Crippen molar-refractivity contribution in [1.29, 1.82) is 0 Å². The molecule has 6 heteroatoms. The zero-order valence-electron chi connectivity index (χ0n) is 18.7. The summed E-state index contributed by atoms with van der Waals surface area (Å²) in [5, 5.41) is 18.1. The van der Waals surface area contributed by atoms with Crippen LogP contribution >= 0.6 is 0 Å². The number of carbonyl (C=O) groups is 1. The maximum atomic E-state index is 15.1.